The summed E-state index contributed by atoms with van der Waals surface area (Å²) < 4.78 is 51.6. The Labute approximate surface area is 149 Å². The van der Waals surface area contributed by atoms with E-state index < -0.39 is 25.9 Å². The Kier molecular flexibility index (Phi) is 4.64. The molecule has 1 fully saturated rings. The van der Waals surface area contributed by atoms with Crippen LogP contribution in [0, 0.1) is 13.8 Å². The van der Waals surface area contributed by atoms with E-state index in [1.807, 2.05) is 26.0 Å². The Hall–Kier alpha value is -1.86. The van der Waals surface area contributed by atoms with Crippen molar-refractivity contribution in [1.29, 1.82) is 0 Å². The predicted octanol–water partition coefficient (Wildman–Crippen LogP) is 2.69. The number of rotatable bonds is 4. The molecule has 0 unspecified atom stereocenters. The van der Waals surface area contributed by atoms with Gasteiger partial charge in [-0.05, 0) is 44.5 Å². The van der Waals surface area contributed by atoms with Crippen molar-refractivity contribution in [3.05, 3.63) is 59.7 Å². The lowest BCUT2D eigenvalue weighted by Crippen LogP contribution is -2.41. The van der Waals surface area contributed by atoms with Crippen LogP contribution in [0.15, 0.2) is 53.4 Å². The molecule has 1 atom stereocenters. The molecule has 1 saturated heterocycles. The highest BCUT2D eigenvalue weighted by Crippen LogP contribution is 2.31. The van der Waals surface area contributed by atoms with Crippen molar-refractivity contribution in [2.45, 2.75) is 31.2 Å². The van der Waals surface area contributed by atoms with Crippen molar-refractivity contribution in [2.24, 2.45) is 0 Å². The Morgan fingerprint density at radius 3 is 1.92 bits per heavy atom. The number of sulfone groups is 1. The van der Waals surface area contributed by atoms with E-state index in [4.69, 9.17) is 0 Å². The van der Waals surface area contributed by atoms with Gasteiger partial charge in [-0.25, -0.2) is 16.8 Å². The van der Waals surface area contributed by atoms with E-state index in [1.54, 1.807) is 36.4 Å². The first-order chi connectivity index (χ1) is 11.7. The fraction of sp³-hybridized carbons (Fsp3) is 0.333. The minimum absolute atomic E-state index is 0.0173. The van der Waals surface area contributed by atoms with Gasteiger partial charge in [0.15, 0.2) is 9.84 Å². The largest absolute Gasteiger partial charge is 0.264 e. The topological polar surface area (TPSA) is 71.5 Å². The van der Waals surface area contributed by atoms with Gasteiger partial charge in [-0.3, -0.25) is 4.31 Å². The lowest BCUT2D eigenvalue weighted by molar-refractivity contribution is 0.580. The van der Waals surface area contributed by atoms with Crippen LogP contribution >= 0.6 is 0 Å². The molecular weight excluding hydrogens is 358 g/mol. The molecule has 2 aromatic carbocycles. The van der Waals surface area contributed by atoms with Crippen LogP contribution in [0.5, 0.6) is 0 Å². The summed E-state index contributed by atoms with van der Waals surface area (Å²) in [6.45, 7) is 3.81. The van der Waals surface area contributed by atoms with Crippen LogP contribution in [0.1, 0.15) is 17.5 Å². The minimum Gasteiger partial charge on any atom is -0.262 e. The van der Waals surface area contributed by atoms with Crippen molar-refractivity contribution in [2.75, 3.05) is 15.8 Å². The van der Waals surface area contributed by atoms with Gasteiger partial charge in [0.05, 0.1) is 28.1 Å². The SMILES string of the molecule is Cc1ccc(N([C@@H]2CCS(=O)(=O)C2)S(=O)(=O)c2ccc(C)cc2)cc1. The van der Waals surface area contributed by atoms with Crippen LogP contribution < -0.4 is 4.31 Å². The number of hydrogen-bond donors (Lipinski definition) is 0. The Morgan fingerprint density at radius 1 is 0.920 bits per heavy atom. The molecule has 2 aromatic rings. The molecule has 0 spiro atoms. The Balaban J connectivity index is 2.10. The second kappa shape index (κ2) is 6.46. The van der Waals surface area contributed by atoms with E-state index in [0.29, 0.717) is 12.1 Å². The first-order valence-corrected chi connectivity index (χ1v) is 11.3. The van der Waals surface area contributed by atoms with Crippen LogP contribution in [0.4, 0.5) is 5.69 Å². The molecular formula is C18H21NO4S2. The van der Waals surface area contributed by atoms with E-state index in [0.717, 1.165) is 11.1 Å². The number of sulfonamides is 1. The van der Waals surface area contributed by atoms with Crippen molar-refractivity contribution in [3.63, 3.8) is 0 Å². The Bertz CT molecular complexity index is 963. The molecule has 0 aliphatic carbocycles. The minimum atomic E-state index is -3.85. The zero-order valence-corrected chi connectivity index (χ0v) is 15.8. The van der Waals surface area contributed by atoms with E-state index in [1.165, 1.54) is 4.31 Å². The summed E-state index contributed by atoms with van der Waals surface area (Å²) in [4.78, 5) is 0.169. The van der Waals surface area contributed by atoms with E-state index in [2.05, 4.69) is 0 Å². The molecule has 3 rings (SSSR count). The van der Waals surface area contributed by atoms with Gasteiger partial charge in [0.25, 0.3) is 10.0 Å². The summed E-state index contributed by atoms with van der Waals surface area (Å²) >= 11 is 0. The quantitative estimate of drug-likeness (QED) is 0.819. The standard InChI is InChI=1S/C18H21NO4S2/c1-14-3-7-16(8-4-14)19(17-11-12-24(20,21)13-17)25(22,23)18-9-5-15(2)6-10-18/h3-10,17H,11-13H2,1-2H3/t17-/m1/s1. The maximum Gasteiger partial charge on any atom is 0.264 e. The zero-order chi connectivity index (χ0) is 18.2. The van der Waals surface area contributed by atoms with E-state index in [-0.39, 0.29) is 16.4 Å². The lowest BCUT2D eigenvalue weighted by Gasteiger charge is -2.29. The van der Waals surface area contributed by atoms with Crippen LogP contribution in [-0.4, -0.2) is 34.4 Å². The fourth-order valence-corrected chi connectivity index (χ4v) is 6.49. The lowest BCUT2D eigenvalue weighted by atomic mass is 10.2. The molecule has 0 N–H and O–H groups in total. The average Bonchev–Trinajstić information content (AvgIpc) is 2.89. The second-order valence-corrected chi connectivity index (χ2v) is 10.5. The molecule has 0 amide bonds. The van der Waals surface area contributed by atoms with Gasteiger partial charge in [-0.15, -0.1) is 0 Å². The third-order valence-corrected chi connectivity index (χ3v) is 8.05. The smallest absolute Gasteiger partial charge is 0.262 e. The number of aryl methyl sites for hydroxylation is 2. The highest BCUT2D eigenvalue weighted by molar-refractivity contribution is 7.93. The molecule has 5 nitrogen and oxygen atoms in total. The second-order valence-electron chi connectivity index (χ2n) is 6.51. The van der Waals surface area contributed by atoms with Crippen molar-refractivity contribution in [1.82, 2.24) is 0 Å². The average molecular weight is 380 g/mol. The molecule has 134 valence electrons. The third kappa shape index (κ3) is 3.72. The number of benzene rings is 2. The normalized spacial score (nSPS) is 19.7. The van der Waals surface area contributed by atoms with Crippen LogP contribution in [0.25, 0.3) is 0 Å². The van der Waals surface area contributed by atoms with Crippen LogP contribution in [0.3, 0.4) is 0 Å². The first kappa shape index (κ1) is 17.9. The van der Waals surface area contributed by atoms with Gasteiger partial charge in [0, 0.05) is 0 Å². The van der Waals surface area contributed by atoms with Crippen LogP contribution in [-0.2, 0) is 19.9 Å². The van der Waals surface area contributed by atoms with Gasteiger partial charge >= 0.3 is 0 Å². The molecule has 1 aliphatic rings. The molecule has 0 aromatic heterocycles. The van der Waals surface area contributed by atoms with Crippen molar-refractivity contribution in [3.8, 4) is 0 Å². The summed E-state index contributed by atoms with van der Waals surface area (Å²) in [5, 5.41) is 0. The molecule has 25 heavy (non-hydrogen) atoms. The molecule has 1 heterocycles. The Morgan fingerprint density at radius 2 is 1.44 bits per heavy atom. The van der Waals surface area contributed by atoms with E-state index in [9.17, 15) is 16.8 Å². The highest BCUT2D eigenvalue weighted by Gasteiger charge is 2.39. The summed E-state index contributed by atoms with van der Waals surface area (Å²) in [6.07, 6.45) is 0.307. The maximum absolute atomic E-state index is 13.3. The van der Waals surface area contributed by atoms with Crippen molar-refractivity contribution >= 4 is 25.5 Å². The predicted molar refractivity (Wildman–Crippen MR) is 99.1 cm³/mol. The molecule has 7 heteroatoms. The molecule has 0 saturated carbocycles. The number of anilines is 1. The molecule has 0 radical (unpaired) electrons. The van der Waals surface area contributed by atoms with Gasteiger partial charge in [-0.2, -0.15) is 0 Å². The third-order valence-electron chi connectivity index (χ3n) is 4.41. The van der Waals surface area contributed by atoms with Crippen molar-refractivity contribution < 1.29 is 16.8 Å². The fourth-order valence-electron chi connectivity index (χ4n) is 3.02. The molecule has 1 aliphatic heterocycles. The summed E-state index contributed by atoms with van der Waals surface area (Å²) in [7, 11) is -7.06. The highest BCUT2D eigenvalue weighted by atomic mass is 32.2. The first-order valence-electron chi connectivity index (χ1n) is 8.07. The summed E-state index contributed by atoms with van der Waals surface area (Å²) in [6, 6.07) is 13.1. The summed E-state index contributed by atoms with van der Waals surface area (Å²) in [5.41, 5.74) is 2.47. The monoisotopic (exact) mass is 379 g/mol. The maximum atomic E-state index is 13.3. The van der Waals surface area contributed by atoms with E-state index >= 15 is 0 Å². The van der Waals surface area contributed by atoms with Gasteiger partial charge in [0.2, 0.25) is 0 Å². The molecule has 0 bridgehead atoms. The number of hydrogen-bond acceptors (Lipinski definition) is 4. The van der Waals surface area contributed by atoms with Crippen LogP contribution in [0.2, 0.25) is 0 Å². The van der Waals surface area contributed by atoms with Gasteiger partial charge in [0.1, 0.15) is 0 Å². The van der Waals surface area contributed by atoms with Gasteiger partial charge < -0.3 is 0 Å². The zero-order valence-electron chi connectivity index (χ0n) is 14.2. The summed E-state index contributed by atoms with van der Waals surface area (Å²) in [5.74, 6) is -0.130. The number of nitrogens with zero attached hydrogens (tertiary/aromatic N) is 1. The van der Waals surface area contributed by atoms with Gasteiger partial charge in [-0.1, -0.05) is 35.4 Å².